The summed E-state index contributed by atoms with van der Waals surface area (Å²) in [6.45, 7) is 7.24. The minimum Gasteiger partial charge on any atom is -1.00 e. The van der Waals surface area contributed by atoms with Gasteiger partial charge in [0.15, 0.2) is 0 Å². The summed E-state index contributed by atoms with van der Waals surface area (Å²) in [6, 6.07) is 0. The fourth-order valence-electron chi connectivity index (χ4n) is 1.21. The Labute approximate surface area is 82.9 Å². The van der Waals surface area contributed by atoms with Crippen LogP contribution in [0.1, 0.15) is 6.42 Å². The number of allylic oxidation sites excluding steroid dienone is 4. The van der Waals surface area contributed by atoms with E-state index in [2.05, 4.69) is 44.3 Å². The lowest BCUT2D eigenvalue weighted by Gasteiger charge is -2.12. The molecule has 2 heteroatoms. The fourth-order valence-corrected chi connectivity index (χ4v) is 2.28. The second-order valence-corrected chi connectivity index (χ2v) is 9.26. The molecule has 0 aromatic carbocycles. The van der Waals surface area contributed by atoms with Gasteiger partial charge in [-0.3, -0.25) is 0 Å². The predicted molar refractivity (Wildman–Crippen MR) is 55.9 cm³/mol. The van der Waals surface area contributed by atoms with Crippen LogP contribution in [0.4, 0.5) is 0 Å². The van der Waals surface area contributed by atoms with Crippen molar-refractivity contribution in [1.82, 2.24) is 0 Å². The highest BCUT2D eigenvalue weighted by atomic mass is 35.5. The molecule has 0 radical (unpaired) electrons. The van der Waals surface area contributed by atoms with Crippen LogP contribution in [-0.2, 0) is 0 Å². The topological polar surface area (TPSA) is 0 Å². The molecule has 0 N–H and O–H groups in total. The SMILES string of the molecule is C[P+](C)(C)CCC1C=CC=C1.[Cl-]. The van der Waals surface area contributed by atoms with Gasteiger partial charge in [0.25, 0.3) is 0 Å². The molecule has 0 fully saturated rings. The molecule has 70 valence electrons. The molecule has 1 aliphatic rings. The van der Waals surface area contributed by atoms with Gasteiger partial charge >= 0.3 is 0 Å². The van der Waals surface area contributed by atoms with E-state index in [9.17, 15) is 0 Å². The molecular formula is C10H18ClP. The van der Waals surface area contributed by atoms with Crippen LogP contribution in [0.15, 0.2) is 24.3 Å². The van der Waals surface area contributed by atoms with E-state index in [1.54, 1.807) is 0 Å². The first kappa shape index (κ1) is 12.2. The van der Waals surface area contributed by atoms with E-state index >= 15 is 0 Å². The molecule has 0 nitrogen and oxygen atoms in total. The highest BCUT2D eigenvalue weighted by molar-refractivity contribution is 7.73. The molecular weight excluding hydrogens is 187 g/mol. The Morgan fingerprint density at radius 3 is 2.00 bits per heavy atom. The van der Waals surface area contributed by atoms with E-state index in [4.69, 9.17) is 0 Å². The smallest absolute Gasteiger partial charge is 0.0594 e. The summed E-state index contributed by atoms with van der Waals surface area (Å²) in [4.78, 5) is 0. The molecule has 0 saturated carbocycles. The van der Waals surface area contributed by atoms with Gasteiger partial charge in [-0.05, 0) is 12.3 Å². The first-order valence-electron chi connectivity index (χ1n) is 4.23. The van der Waals surface area contributed by atoms with E-state index in [1.807, 2.05) is 0 Å². The van der Waals surface area contributed by atoms with Gasteiger partial charge in [0.2, 0.25) is 0 Å². The number of hydrogen-bond donors (Lipinski definition) is 0. The third-order valence-electron chi connectivity index (χ3n) is 1.96. The predicted octanol–water partition coefficient (Wildman–Crippen LogP) is 0.0297. The van der Waals surface area contributed by atoms with E-state index in [1.165, 1.54) is 12.6 Å². The summed E-state index contributed by atoms with van der Waals surface area (Å²) in [5, 5.41) is 0. The van der Waals surface area contributed by atoms with Gasteiger partial charge < -0.3 is 12.4 Å². The summed E-state index contributed by atoms with van der Waals surface area (Å²) >= 11 is 0. The standard InChI is InChI=1S/C10H18P.ClH/c1-11(2,3)9-8-10-6-4-5-7-10;/h4-7,10H,8-9H2,1-3H3;1H/q+1;/p-1. The lowest BCUT2D eigenvalue weighted by Crippen LogP contribution is -3.00. The monoisotopic (exact) mass is 204 g/mol. The molecule has 0 saturated heterocycles. The van der Waals surface area contributed by atoms with Crippen molar-refractivity contribution in [2.45, 2.75) is 6.42 Å². The summed E-state index contributed by atoms with van der Waals surface area (Å²) in [6.07, 6.45) is 11.7. The zero-order chi connectivity index (χ0) is 8.32. The van der Waals surface area contributed by atoms with Crippen LogP contribution >= 0.6 is 7.26 Å². The fraction of sp³-hybridized carbons (Fsp3) is 0.600. The maximum absolute atomic E-state index is 2.41. The van der Waals surface area contributed by atoms with Crippen LogP contribution in [0.5, 0.6) is 0 Å². The van der Waals surface area contributed by atoms with Crippen molar-refractivity contribution in [3.8, 4) is 0 Å². The first-order valence-corrected chi connectivity index (χ1v) is 7.55. The van der Waals surface area contributed by atoms with Crippen LogP contribution in [0.3, 0.4) is 0 Å². The van der Waals surface area contributed by atoms with Gasteiger partial charge in [0, 0.05) is 27.3 Å². The summed E-state index contributed by atoms with van der Waals surface area (Å²) in [5.41, 5.74) is 0. The average Bonchev–Trinajstić information content (AvgIpc) is 2.32. The molecule has 0 aliphatic heterocycles. The van der Waals surface area contributed by atoms with E-state index in [0.29, 0.717) is 0 Å². The quantitative estimate of drug-likeness (QED) is 0.570. The molecule has 1 aliphatic carbocycles. The minimum absolute atomic E-state index is 0. The normalized spacial score (nSPS) is 16.6. The lowest BCUT2D eigenvalue weighted by atomic mass is 10.1. The molecule has 0 aromatic heterocycles. The molecule has 0 aromatic rings. The van der Waals surface area contributed by atoms with Crippen molar-refractivity contribution in [2.75, 3.05) is 26.2 Å². The molecule has 0 atom stereocenters. The Morgan fingerprint density at radius 1 is 1.08 bits per heavy atom. The van der Waals surface area contributed by atoms with Gasteiger partial charge in [-0.15, -0.1) is 0 Å². The summed E-state index contributed by atoms with van der Waals surface area (Å²) < 4.78 is 0. The highest BCUT2D eigenvalue weighted by Gasteiger charge is 2.18. The number of hydrogen-bond acceptors (Lipinski definition) is 0. The molecule has 0 unspecified atom stereocenters. The summed E-state index contributed by atoms with van der Waals surface area (Å²) in [7, 11) is -0.536. The Kier molecular flexibility index (Phi) is 5.13. The van der Waals surface area contributed by atoms with Gasteiger partial charge in [0.1, 0.15) is 0 Å². The van der Waals surface area contributed by atoms with Gasteiger partial charge in [-0.2, -0.15) is 0 Å². The molecule has 0 bridgehead atoms. The first-order chi connectivity index (χ1) is 5.08. The zero-order valence-corrected chi connectivity index (χ0v) is 9.78. The van der Waals surface area contributed by atoms with Crippen LogP contribution in [0.2, 0.25) is 0 Å². The minimum atomic E-state index is -0.536. The maximum Gasteiger partial charge on any atom is 0.0594 e. The number of halogens is 1. The van der Waals surface area contributed by atoms with Crippen molar-refractivity contribution in [3.63, 3.8) is 0 Å². The highest BCUT2D eigenvalue weighted by Crippen LogP contribution is 2.47. The van der Waals surface area contributed by atoms with E-state index in [0.717, 1.165) is 5.92 Å². The molecule has 1 rings (SSSR count). The second-order valence-electron chi connectivity index (χ2n) is 4.24. The third kappa shape index (κ3) is 4.95. The Morgan fingerprint density at radius 2 is 1.58 bits per heavy atom. The molecule has 0 heterocycles. The molecule has 0 amide bonds. The Bertz CT molecular complexity index is 165. The Balaban J connectivity index is 0.00000121. The maximum atomic E-state index is 2.41. The van der Waals surface area contributed by atoms with E-state index in [-0.39, 0.29) is 12.4 Å². The van der Waals surface area contributed by atoms with E-state index < -0.39 is 7.26 Å². The van der Waals surface area contributed by atoms with Gasteiger partial charge in [-0.25, -0.2) is 0 Å². The summed E-state index contributed by atoms with van der Waals surface area (Å²) in [5.74, 6) is 0.745. The van der Waals surface area contributed by atoms with Crippen molar-refractivity contribution < 1.29 is 12.4 Å². The molecule has 0 spiro atoms. The van der Waals surface area contributed by atoms with Crippen LogP contribution in [0.25, 0.3) is 0 Å². The van der Waals surface area contributed by atoms with Crippen LogP contribution in [-0.4, -0.2) is 26.2 Å². The number of rotatable bonds is 3. The van der Waals surface area contributed by atoms with Crippen molar-refractivity contribution in [3.05, 3.63) is 24.3 Å². The van der Waals surface area contributed by atoms with Crippen LogP contribution < -0.4 is 12.4 Å². The largest absolute Gasteiger partial charge is 1.00 e. The third-order valence-corrected chi connectivity index (χ3v) is 3.56. The zero-order valence-electron chi connectivity index (χ0n) is 8.13. The van der Waals surface area contributed by atoms with Crippen molar-refractivity contribution in [2.24, 2.45) is 5.92 Å². The Hall–Kier alpha value is 0.200. The lowest BCUT2D eigenvalue weighted by molar-refractivity contribution is -0.00000255. The molecule has 12 heavy (non-hydrogen) atoms. The van der Waals surface area contributed by atoms with Crippen molar-refractivity contribution >= 4 is 7.26 Å². The average molecular weight is 205 g/mol. The van der Waals surface area contributed by atoms with Crippen LogP contribution in [0, 0.1) is 5.92 Å². The van der Waals surface area contributed by atoms with Gasteiger partial charge in [0.05, 0.1) is 6.16 Å². The second kappa shape index (κ2) is 5.04. The van der Waals surface area contributed by atoms with Gasteiger partial charge in [-0.1, -0.05) is 24.3 Å². The van der Waals surface area contributed by atoms with Crippen molar-refractivity contribution in [1.29, 1.82) is 0 Å².